The maximum atomic E-state index is 12.4. The molecule has 30 heavy (non-hydrogen) atoms. The van der Waals surface area contributed by atoms with Crippen LogP contribution in [0.3, 0.4) is 0 Å². The Balaban J connectivity index is 1.52. The summed E-state index contributed by atoms with van der Waals surface area (Å²) in [7, 11) is 0. The maximum Gasteiger partial charge on any atom is 0.257 e. The molecule has 6 heteroatoms. The molecule has 1 amide bonds. The van der Waals surface area contributed by atoms with Crippen LogP contribution in [0.2, 0.25) is 0 Å². The second-order valence-electron chi connectivity index (χ2n) is 6.58. The number of benzene rings is 3. The van der Waals surface area contributed by atoms with Crippen LogP contribution in [0, 0.1) is 0 Å². The number of hydrogen-bond donors (Lipinski definition) is 2. The largest absolute Gasteiger partial charge is 0.494 e. The van der Waals surface area contributed by atoms with Crippen molar-refractivity contribution in [2.24, 2.45) is 0 Å². The van der Waals surface area contributed by atoms with Crippen molar-refractivity contribution in [3.05, 3.63) is 90.0 Å². The molecule has 3 aromatic carbocycles. The Morgan fingerprint density at radius 3 is 2.40 bits per heavy atom. The standard InChI is InChI=1S/C24H24N2O3S/c1-2-15-28-21-13-11-19(12-14-21)23(27)26-24(30)25-20-9-6-10-22(16-20)29-17-18-7-4-3-5-8-18/h3-14,16H,2,15,17H2,1H3,(H2,25,26,27,30). The summed E-state index contributed by atoms with van der Waals surface area (Å²) >= 11 is 5.27. The molecule has 0 aliphatic carbocycles. The Morgan fingerprint density at radius 1 is 0.900 bits per heavy atom. The minimum absolute atomic E-state index is 0.214. The zero-order valence-corrected chi connectivity index (χ0v) is 17.6. The number of ether oxygens (including phenoxy) is 2. The van der Waals surface area contributed by atoms with Crippen molar-refractivity contribution >= 4 is 28.9 Å². The molecule has 0 aliphatic rings. The van der Waals surface area contributed by atoms with E-state index in [1.807, 2.05) is 61.5 Å². The molecule has 0 saturated heterocycles. The van der Waals surface area contributed by atoms with Crippen LogP contribution >= 0.6 is 12.2 Å². The molecule has 0 fully saturated rings. The quantitative estimate of drug-likeness (QED) is 0.492. The van der Waals surface area contributed by atoms with Gasteiger partial charge in [0.15, 0.2) is 5.11 Å². The van der Waals surface area contributed by atoms with E-state index < -0.39 is 0 Å². The van der Waals surface area contributed by atoms with Crippen LogP contribution in [0.25, 0.3) is 0 Å². The molecular weight excluding hydrogens is 396 g/mol. The van der Waals surface area contributed by atoms with Crippen molar-refractivity contribution in [1.29, 1.82) is 0 Å². The van der Waals surface area contributed by atoms with Crippen molar-refractivity contribution in [1.82, 2.24) is 5.32 Å². The predicted octanol–water partition coefficient (Wildman–Crippen LogP) is 5.18. The number of rotatable bonds is 8. The highest BCUT2D eigenvalue weighted by molar-refractivity contribution is 7.80. The molecule has 2 N–H and O–H groups in total. The van der Waals surface area contributed by atoms with E-state index in [9.17, 15) is 4.79 Å². The topological polar surface area (TPSA) is 59.6 Å². The smallest absolute Gasteiger partial charge is 0.257 e. The molecule has 0 heterocycles. The summed E-state index contributed by atoms with van der Waals surface area (Å²) in [6, 6.07) is 24.3. The first kappa shape index (κ1) is 21.3. The molecule has 3 rings (SSSR count). The Bertz CT molecular complexity index is 975. The summed E-state index contributed by atoms with van der Waals surface area (Å²) in [6.07, 6.45) is 0.931. The number of amides is 1. The van der Waals surface area contributed by atoms with Crippen molar-refractivity contribution in [3.63, 3.8) is 0 Å². The molecule has 0 unspecified atom stereocenters. The average molecular weight is 421 g/mol. The Hall–Kier alpha value is -3.38. The van der Waals surface area contributed by atoms with Gasteiger partial charge in [-0.2, -0.15) is 0 Å². The average Bonchev–Trinajstić information content (AvgIpc) is 2.77. The first-order chi connectivity index (χ1) is 14.6. The summed E-state index contributed by atoms with van der Waals surface area (Å²) in [5.74, 6) is 1.16. The van der Waals surface area contributed by atoms with Gasteiger partial charge >= 0.3 is 0 Å². The SMILES string of the molecule is CCCOc1ccc(C(=O)NC(=S)Nc2cccc(OCc3ccccc3)c2)cc1. The number of hydrogen-bond acceptors (Lipinski definition) is 4. The molecule has 154 valence electrons. The maximum absolute atomic E-state index is 12.4. The summed E-state index contributed by atoms with van der Waals surface area (Å²) in [5, 5.41) is 5.91. The van der Waals surface area contributed by atoms with Gasteiger partial charge in [0.1, 0.15) is 18.1 Å². The van der Waals surface area contributed by atoms with Gasteiger partial charge in [0.25, 0.3) is 5.91 Å². The lowest BCUT2D eigenvalue weighted by atomic mass is 10.2. The van der Waals surface area contributed by atoms with Crippen LogP contribution in [-0.2, 0) is 6.61 Å². The number of carbonyl (C=O) groups is 1. The predicted molar refractivity (Wildman–Crippen MR) is 123 cm³/mol. The second kappa shape index (κ2) is 11.0. The van der Waals surface area contributed by atoms with Crippen LogP contribution in [0.5, 0.6) is 11.5 Å². The van der Waals surface area contributed by atoms with Crippen molar-refractivity contribution in [3.8, 4) is 11.5 Å². The van der Waals surface area contributed by atoms with Crippen molar-refractivity contribution in [2.45, 2.75) is 20.0 Å². The van der Waals surface area contributed by atoms with Gasteiger partial charge in [-0.1, -0.05) is 43.3 Å². The lowest BCUT2D eigenvalue weighted by Gasteiger charge is -2.12. The van der Waals surface area contributed by atoms with E-state index in [1.54, 1.807) is 24.3 Å². The highest BCUT2D eigenvalue weighted by atomic mass is 32.1. The third-order valence-electron chi connectivity index (χ3n) is 4.16. The third kappa shape index (κ3) is 6.60. The van der Waals surface area contributed by atoms with E-state index in [4.69, 9.17) is 21.7 Å². The summed E-state index contributed by atoms with van der Waals surface area (Å²) in [5.41, 5.74) is 2.32. The molecular formula is C24H24N2O3S. The van der Waals surface area contributed by atoms with E-state index in [0.717, 1.165) is 23.4 Å². The molecule has 0 aliphatic heterocycles. The van der Waals surface area contributed by atoms with Crippen LogP contribution in [0.1, 0.15) is 29.3 Å². The van der Waals surface area contributed by atoms with Gasteiger partial charge in [0, 0.05) is 17.3 Å². The van der Waals surface area contributed by atoms with E-state index in [1.165, 1.54) is 0 Å². The van der Waals surface area contributed by atoms with E-state index in [-0.39, 0.29) is 11.0 Å². The van der Waals surface area contributed by atoms with Gasteiger partial charge in [-0.15, -0.1) is 0 Å². The van der Waals surface area contributed by atoms with Crippen molar-refractivity contribution < 1.29 is 14.3 Å². The molecule has 0 saturated carbocycles. The summed E-state index contributed by atoms with van der Waals surface area (Å²) in [4.78, 5) is 12.4. The molecule has 0 radical (unpaired) electrons. The normalized spacial score (nSPS) is 10.2. The van der Waals surface area contributed by atoms with Crippen LogP contribution < -0.4 is 20.1 Å². The molecule has 0 spiro atoms. The first-order valence-electron chi connectivity index (χ1n) is 9.76. The monoisotopic (exact) mass is 420 g/mol. The molecule has 5 nitrogen and oxygen atoms in total. The molecule has 0 atom stereocenters. The third-order valence-corrected chi connectivity index (χ3v) is 4.36. The fourth-order valence-electron chi connectivity index (χ4n) is 2.66. The van der Waals surface area contributed by atoms with Crippen LogP contribution in [0.15, 0.2) is 78.9 Å². The highest BCUT2D eigenvalue weighted by Gasteiger charge is 2.09. The van der Waals surface area contributed by atoms with E-state index >= 15 is 0 Å². The van der Waals surface area contributed by atoms with Gasteiger partial charge in [0.2, 0.25) is 0 Å². The van der Waals surface area contributed by atoms with E-state index in [2.05, 4.69) is 10.6 Å². The zero-order valence-electron chi connectivity index (χ0n) is 16.8. The summed E-state index contributed by atoms with van der Waals surface area (Å²) in [6.45, 7) is 3.16. The number of nitrogens with one attached hydrogen (secondary N) is 2. The fraction of sp³-hybridized carbons (Fsp3) is 0.167. The fourth-order valence-corrected chi connectivity index (χ4v) is 2.88. The Morgan fingerprint density at radius 2 is 1.67 bits per heavy atom. The minimum Gasteiger partial charge on any atom is -0.494 e. The van der Waals surface area contributed by atoms with Crippen LogP contribution in [-0.4, -0.2) is 17.6 Å². The second-order valence-corrected chi connectivity index (χ2v) is 6.99. The molecule has 3 aromatic rings. The molecule has 0 bridgehead atoms. The Labute approximate surface area is 182 Å². The zero-order chi connectivity index (χ0) is 21.2. The van der Waals surface area contributed by atoms with E-state index in [0.29, 0.717) is 24.5 Å². The first-order valence-corrected chi connectivity index (χ1v) is 10.2. The van der Waals surface area contributed by atoms with Gasteiger partial charge in [-0.3, -0.25) is 10.1 Å². The Kier molecular flexibility index (Phi) is 7.80. The van der Waals surface area contributed by atoms with Crippen LogP contribution in [0.4, 0.5) is 5.69 Å². The summed E-state index contributed by atoms with van der Waals surface area (Å²) < 4.78 is 11.3. The van der Waals surface area contributed by atoms with Gasteiger partial charge in [0.05, 0.1) is 6.61 Å². The lowest BCUT2D eigenvalue weighted by molar-refractivity contribution is 0.0977. The van der Waals surface area contributed by atoms with Gasteiger partial charge < -0.3 is 14.8 Å². The lowest BCUT2D eigenvalue weighted by Crippen LogP contribution is -2.34. The van der Waals surface area contributed by atoms with Gasteiger partial charge in [-0.05, 0) is 60.6 Å². The number of thiocarbonyl (C=S) groups is 1. The highest BCUT2D eigenvalue weighted by Crippen LogP contribution is 2.19. The van der Waals surface area contributed by atoms with Gasteiger partial charge in [-0.25, -0.2) is 0 Å². The number of carbonyl (C=O) groups excluding carboxylic acids is 1. The minimum atomic E-state index is -0.286. The number of anilines is 1. The van der Waals surface area contributed by atoms with Crippen molar-refractivity contribution in [2.75, 3.05) is 11.9 Å². The molecule has 0 aromatic heterocycles.